The van der Waals surface area contributed by atoms with E-state index in [4.69, 9.17) is 17.3 Å². The van der Waals surface area contributed by atoms with Gasteiger partial charge >= 0.3 is 6.03 Å². The highest BCUT2D eigenvalue weighted by molar-refractivity contribution is 6.31. The first-order chi connectivity index (χ1) is 9.95. The number of hydrogen-bond donors (Lipinski definition) is 2. The zero-order chi connectivity index (χ0) is 15.4. The van der Waals surface area contributed by atoms with Crippen LogP contribution in [0.1, 0.15) is 5.56 Å². The van der Waals surface area contributed by atoms with E-state index in [2.05, 4.69) is 5.32 Å². The fourth-order valence-electron chi connectivity index (χ4n) is 1.83. The maximum absolute atomic E-state index is 13.1. The number of carbonyl (C=O) groups is 1. The molecule has 0 saturated heterocycles. The summed E-state index contributed by atoms with van der Waals surface area (Å²) in [6.07, 6.45) is 0. The van der Waals surface area contributed by atoms with Gasteiger partial charge in [0.1, 0.15) is 5.82 Å². The van der Waals surface area contributed by atoms with Crippen molar-refractivity contribution in [1.29, 1.82) is 0 Å². The molecule has 2 aromatic carbocycles. The first kappa shape index (κ1) is 15.1. The molecule has 2 rings (SSSR count). The molecule has 0 aliphatic carbocycles. The molecule has 0 bridgehead atoms. The molecule has 0 radical (unpaired) electrons. The molecule has 110 valence electrons. The number of nitrogens with two attached hydrogens (primary N) is 1. The Balaban J connectivity index is 2.04. The van der Waals surface area contributed by atoms with Gasteiger partial charge in [-0.05, 0) is 42.0 Å². The van der Waals surface area contributed by atoms with E-state index in [1.165, 1.54) is 23.1 Å². The highest BCUT2D eigenvalue weighted by atomic mass is 35.5. The van der Waals surface area contributed by atoms with Crippen LogP contribution in [0.15, 0.2) is 42.5 Å². The Morgan fingerprint density at radius 2 is 2.10 bits per heavy atom. The quantitative estimate of drug-likeness (QED) is 0.849. The van der Waals surface area contributed by atoms with E-state index in [0.717, 1.165) is 5.56 Å². The van der Waals surface area contributed by atoms with Gasteiger partial charge in [-0.2, -0.15) is 0 Å². The Labute approximate surface area is 127 Å². The largest absolute Gasteiger partial charge is 0.399 e. The average molecular weight is 308 g/mol. The van der Waals surface area contributed by atoms with Crippen molar-refractivity contribution < 1.29 is 9.18 Å². The number of rotatable bonds is 3. The topological polar surface area (TPSA) is 58.4 Å². The van der Waals surface area contributed by atoms with E-state index in [9.17, 15) is 9.18 Å². The van der Waals surface area contributed by atoms with Gasteiger partial charge in [0.05, 0.1) is 0 Å². The molecule has 0 fully saturated rings. The van der Waals surface area contributed by atoms with Gasteiger partial charge in [0.2, 0.25) is 0 Å². The molecule has 2 amide bonds. The lowest BCUT2D eigenvalue weighted by atomic mass is 10.2. The van der Waals surface area contributed by atoms with Crippen molar-refractivity contribution in [1.82, 2.24) is 4.90 Å². The Morgan fingerprint density at radius 3 is 2.81 bits per heavy atom. The Hall–Kier alpha value is -2.27. The molecule has 21 heavy (non-hydrogen) atoms. The molecule has 0 aliphatic heterocycles. The van der Waals surface area contributed by atoms with Crippen LogP contribution in [0.5, 0.6) is 0 Å². The van der Waals surface area contributed by atoms with Gasteiger partial charge in [-0.15, -0.1) is 0 Å². The third kappa shape index (κ3) is 4.10. The van der Waals surface area contributed by atoms with Crippen molar-refractivity contribution in [2.24, 2.45) is 0 Å². The summed E-state index contributed by atoms with van der Waals surface area (Å²) < 4.78 is 13.1. The van der Waals surface area contributed by atoms with Crippen LogP contribution in [-0.2, 0) is 6.54 Å². The molecule has 0 unspecified atom stereocenters. The summed E-state index contributed by atoms with van der Waals surface area (Å²) in [6.45, 7) is 0.297. The molecule has 0 aromatic heterocycles. The second-order valence-corrected chi connectivity index (χ2v) is 5.05. The summed E-state index contributed by atoms with van der Waals surface area (Å²) in [4.78, 5) is 13.5. The molecule has 0 spiro atoms. The van der Waals surface area contributed by atoms with Gasteiger partial charge in [0.15, 0.2) is 0 Å². The number of nitrogens with one attached hydrogen (secondary N) is 1. The molecule has 0 heterocycles. The predicted octanol–water partition coefficient (Wildman–Crippen LogP) is 3.73. The molecular formula is C15H15ClFN3O. The molecule has 0 atom stereocenters. The minimum absolute atomic E-state index is 0.297. The number of benzene rings is 2. The van der Waals surface area contributed by atoms with Crippen LogP contribution >= 0.6 is 11.6 Å². The van der Waals surface area contributed by atoms with E-state index in [1.807, 2.05) is 0 Å². The fourth-order valence-corrected chi connectivity index (χ4v) is 2.01. The van der Waals surface area contributed by atoms with Gasteiger partial charge in [0, 0.05) is 30.0 Å². The SMILES string of the molecule is CN(Cc1cc(N)ccc1Cl)C(=O)Nc1cccc(F)c1. The van der Waals surface area contributed by atoms with Crippen molar-refractivity contribution in [3.63, 3.8) is 0 Å². The van der Waals surface area contributed by atoms with Gasteiger partial charge in [-0.1, -0.05) is 17.7 Å². The van der Waals surface area contributed by atoms with Crippen molar-refractivity contribution in [2.45, 2.75) is 6.54 Å². The van der Waals surface area contributed by atoms with E-state index in [1.54, 1.807) is 31.3 Å². The van der Waals surface area contributed by atoms with Crippen molar-refractivity contribution in [2.75, 3.05) is 18.1 Å². The molecule has 4 nitrogen and oxygen atoms in total. The Kier molecular flexibility index (Phi) is 4.65. The maximum Gasteiger partial charge on any atom is 0.321 e. The number of halogens is 2. The molecule has 3 N–H and O–H groups in total. The first-order valence-electron chi connectivity index (χ1n) is 6.27. The summed E-state index contributed by atoms with van der Waals surface area (Å²) in [6, 6.07) is 10.4. The summed E-state index contributed by atoms with van der Waals surface area (Å²) in [5, 5.41) is 3.15. The monoisotopic (exact) mass is 307 g/mol. The number of nitrogens with zero attached hydrogens (tertiary/aromatic N) is 1. The first-order valence-corrected chi connectivity index (χ1v) is 6.65. The van der Waals surface area contributed by atoms with E-state index < -0.39 is 5.82 Å². The molecule has 0 saturated carbocycles. The van der Waals surface area contributed by atoms with Crippen LogP contribution in [-0.4, -0.2) is 18.0 Å². The lowest BCUT2D eigenvalue weighted by molar-refractivity contribution is 0.220. The third-order valence-electron chi connectivity index (χ3n) is 2.90. The third-order valence-corrected chi connectivity index (χ3v) is 3.27. The van der Waals surface area contributed by atoms with Crippen molar-refractivity contribution in [3.05, 3.63) is 58.9 Å². The lowest BCUT2D eigenvalue weighted by Gasteiger charge is -2.19. The van der Waals surface area contributed by atoms with Crippen LogP contribution in [0.2, 0.25) is 5.02 Å². The number of amides is 2. The minimum atomic E-state index is -0.408. The second kappa shape index (κ2) is 6.45. The number of carbonyl (C=O) groups excluding carboxylic acids is 1. The Morgan fingerprint density at radius 1 is 1.33 bits per heavy atom. The number of hydrogen-bond acceptors (Lipinski definition) is 2. The highest BCUT2D eigenvalue weighted by Crippen LogP contribution is 2.20. The van der Waals surface area contributed by atoms with E-state index in [-0.39, 0.29) is 6.03 Å². The molecule has 0 aliphatic rings. The summed E-state index contributed by atoms with van der Waals surface area (Å²) in [5.74, 6) is -0.408. The normalized spacial score (nSPS) is 10.2. The summed E-state index contributed by atoms with van der Waals surface area (Å²) >= 11 is 6.06. The smallest absolute Gasteiger partial charge is 0.321 e. The molecular weight excluding hydrogens is 293 g/mol. The van der Waals surface area contributed by atoms with Crippen LogP contribution in [0, 0.1) is 5.82 Å². The van der Waals surface area contributed by atoms with Crippen LogP contribution in [0.3, 0.4) is 0 Å². The summed E-state index contributed by atoms with van der Waals surface area (Å²) in [5.41, 5.74) is 7.42. The van der Waals surface area contributed by atoms with Gasteiger partial charge in [0.25, 0.3) is 0 Å². The molecule has 2 aromatic rings. The van der Waals surface area contributed by atoms with E-state index in [0.29, 0.717) is 22.9 Å². The number of urea groups is 1. The number of anilines is 2. The van der Waals surface area contributed by atoms with Crippen molar-refractivity contribution in [3.8, 4) is 0 Å². The summed E-state index contributed by atoms with van der Waals surface area (Å²) in [7, 11) is 1.62. The standard InChI is InChI=1S/C15H15ClFN3O/c1-20(9-10-7-12(18)5-6-14(10)16)15(21)19-13-4-2-3-11(17)8-13/h2-8H,9,18H2,1H3,(H,19,21). The minimum Gasteiger partial charge on any atom is -0.399 e. The fraction of sp³-hybridized carbons (Fsp3) is 0.133. The van der Waals surface area contributed by atoms with Crippen molar-refractivity contribution >= 4 is 29.0 Å². The second-order valence-electron chi connectivity index (χ2n) is 4.65. The zero-order valence-corrected chi connectivity index (χ0v) is 12.2. The van der Waals surface area contributed by atoms with Crippen LogP contribution in [0.25, 0.3) is 0 Å². The lowest BCUT2D eigenvalue weighted by Crippen LogP contribution is -2.31. The maximum atomic E-state index is 13.1. The number of nitrogen functional groups attached to an aromatic ring is 1. The highest BCUT2D eigenvalue weighted by Gasteiger charge is 2.11. The van der Waals surface area contributed by atoms with Crippen LogP contribution in [0.4, 0.5) is 20.6 Å². The van der Waals surface area contributed by atoms with Crippen LogP contribution < -0.4 is 11.1 Å². The van der Waals surface area contributed by atoms with E-state index >= 15 is 0 Å². The van der Waals surface area contributed by atoms with Gasteiger partial charge in [-0.25, -0.2) is 9.18 Å². The Bertz CT molecular complexity index is 663. The average Bonchev–Trinajstić information content (AvgIpc) is 2.43. The molecule has 6 heteroatoms. The zero-order valence-electron chi connectivity index (χ0n) is 11.4. The van der Waals surface area contributed by atoms with Gasteiger partial charge in [-0.3, -0.25) is 0 Å². The predicted molar refractivity (Wildman–Crippen MR) is 82.8 cm³/mol. The van der Waals surface area contributed by atoms with Gasteiger partial charge < -0.3 is 16.0 Å².